The average molecular weight is 868 g/mol. The predicted molar refractivity (Wildman–Crippen MR) is 240 cm³/mol. The Labute approximate surface area is 374 Å². The van der Waals surface area contributed by atoms with Crippen LogP contribution in [0.5, 0.6) is 0 Å². The molecule has 342 valence electrons. The van der Waals surface area contributed by atoms with Crippen LogP contribution in [0.2, 0.25) is 0 Å². The van der Waals surface area contributed by atoms with Gasteiger partial charge in [-0.1, -0.05) is 194 Å². The van der Waals surface area contributed by atoms with Crippen LogP contribution in [-0.4, -0.2) is 40.8 Å². The molecule has 4 rings (SSSR count). The average Bonchev–Trinajstić information content (AvgIpc) is 3.62. The molecule has 1 fully saturated rings. The number of unbranched alkanes of at least 4 members (excludes halogenated alkanes) is 16. The number of hydroxylamine groups is 2. The normalized spacial score (nSPS) is 12.6. The fraction of sp³-hybridized carbons (Fsp3) is 0.538. The molecule has 63 heavy (non-hydrogen) atoms. The highest BCUT2D eigenvalue weighted by atomic mass is 16.7. The molecular formula is C52H69NO10. The van der Waals surface area contributed by atoms with Crippen LogP contribution >= 0.6 is 0 Å². The topological polar surface area (TPSA) is 143 Å². The number of amides is 2. The van der Waals surface area contributed by atoms with Gasteiger partial charge in [0.1, 0.15) is 19.8 Å². The number of benzene rings is 3. The summed E-state index contributed by atoms with van der Waals surface area (Å²) in [5, 5.41) is 0.531. The molecule has 0 bridgehead atoms. The zero-order chi connectivity index (χ0) is 44.8. The maximum Gasteiger partial charge on any atom is 0.350 e. The second-order valence-electron chi connectivity index (χ2n) is 16.8. The van der Waals surface area contributed by atoms with Crippen molar-refractivity contribution in [1.29, 1.82) is 0 Å². The molecule has 0 N–H and O–H groups in total. The van der Waals surface area contributed by atoms with E-state index < -0.39 is 29.2 Å². The Bertz CT molecular complexity index is 1710. The summed E-state index contributed by atoms with van der Waals surface area (Å²) in [7, 11) is 0. The number of rotatable bonds is 33. The molecule has 0 aromatic heterocycles. The first-order valence-corrected chi connectivity index (χ1v) is 23.5. The SMILES string of the molecule is O=C(CCCCCCCCCCCC(CCCCCCCCCCCC(=O)OCc1ccccc1)(C(=O)OCc1ccccc1)C(=O)ON1C(=O)CCC1=O)OCc1ccccc1. The van der Waals surface area contributed by atoms with E-state index in [0.717, 1.165) is 119 Å². The Hall–Kier alpha value is -5.32. The van der Waals surface area contributed by atoms with Crippen molar-refractivity contribution in [2.45, 2.75) is 174 Å². The van der Waals surface area contributed by atoms with E-state index in [4.69, 9.17) is 19.0 Å². The van der Waals surface area contributed by atoms with Gasteiger partial charge in [-0.05, 0) is 42.4 Å². The minimum absolute atomic E-state index is 0.0139. The molecular weight excluding hydrogens is 799 g/mol. The van der Waals surface area contributed by atoms with Crippen molar-refractivity contribution in [2.75, 3.05) is 0 Å². The summed E-state index contributed by atoms with van der Waals surface area (Å²) in [6.45, 7) is 0.589. The first-order valence-electron chi connectivity index (χ1n) is 23.5. The van der Waals surface area contributed by atoms with Crippen LogP contribution in [0.4, 0.5) is 0 Å². The van der Waals surface area contributed by atoms with E-state index in [1.54, 1.807) is 0 Å². The van der Waals surface area contributed by atoms with Gasteiger partial charge in [0.15, 0.2) is 5.41 Å². The summed E-state index contributed by atoms with van der Waals surface area (Å²) in [4.78, 5) is 82.9. The maximum atomic E-state index is 14.1. The summed E-state index contributed by atoms with van der Waals surface area (Å²) in [6.07, 6.45) is 17.6. The lowest BCUT2D eigenvalue weighted by Gasteiger charge is -2.30. The van der Waals surface area contributed by atoms with E-state index in [9.17, 15) is 28.8 Å². The van der Waals surface area contributed by atoms with Gasteiger partial charge >= 0.3 is 23.9 Å². The summed E-state index contributed by atoms with van der Waals surface area (Å²) in [6, 6.07) is 28.6. The monoisotopic (exact) mass is 867 g/mol. The number of nitrogens with zero attached hydrogens (tertiary/aromatic N) is 1. The van der Waals surface area contributed by atoms with Gasteiger partial charge in [0, 0.05) is 25.7 Å². The molecule has 1 saturated heterocycles. The first kappa shape index (κ1) is 50.3. The molecule has 3 aromatic carbocycles. The number of hydrogen-bond donors (Lipinski definition) is 0. The molecule has 0 spiro atoms. The van der Waals surface area contributed by atoms with Gasteiger partial charge in [0.2, 0.25) is 0 Å². The molecule has 1 aliphatic rings. The smallest absolute Gasteiger partial charge is 0.350 e. The van der Waals surface area contributed by atoms with Crippen molar-refractivity contribution < 1.29 is 47.8 Å². The summed E-state index contributed by atoms with van der Waals surface area (Å²) in [5.41, 5.74) is 1.08. The molecule has 0 aliphatic carbocycles. The third-order valence-electron chi connectivity index (χ3n) is 11.6. The highest BCUT2D eigenvalue weighted by Crippen LogP contribution is 2.37. The van der Waals surface area contributed by atoms with Crippen LogP contribution in [0.25, 0.3) is 0 Å². The van der Waals surface area contributed by atoms with Gasteiger partial charge in [0.05, 0.1) is 0 Å². The van der Waals surface area contributed by atoms with Crippen molar-refractivity contribution in [1.82, 2.24) is 5.06 Å². The van der Waals surface area contributed by atoms with Crippen LogP contribution < -0.4 is 0 Å². The minimum atomic E-state index is -1.66. The minimum Gasteiger partial charge on any atom is -0.461 e. The van der Waals surface area contributed by atoms with Crippen LogP contribution in [-0.2, 0) is 67.6 Å². The highest BCUT2D eigenvalue weighted by molar-refractivity contribution is 6.04. The van der Waals surface area contributed by atoms with E-state index >= 15 is 0 Å². The molecule has 0 unspecified atom stereocenters. The van der Waals surface area contributed by atoms with Gasteiger partial charge in [-0.2, -0.15) is 0 Å². The molecule has 0 radical (unpaired) electrons. The number of carbonyl (C=O) groups is 6. The number of carbonyl (C=O) groups excluding carboxylic acids is 6. The van der Waals surface area contributed by atoms with Crippen LogP contribution in [0, 0.1) is 5.41 Å². The van der Waals surface area contributed by atoms with Crippen molar-refractivity contribution in [3.63, 3.8) is 0 Å². The molecule has 11 nitrogen and oxygen atoms in total. The summed E-state index contributed by atoms with van der Waals surface area (Å²) >= 11 is 0. The Morgan fingerprint density at radius 2 is 0.730 bits per heavy atom. The predicted octanol–water partition coefficient (Wildman–Crippen LogP) is 11.4. The molecule has 0 atom stereocenters. The zero-order valence-corrected chi connectivity index (χ0v) is 37.3. The van der Waals surface area contributed by atoms with Gasteiger partial charge in [0.25, 0.3) is 11.8 Å². The second-order valence-corrected chi connectivity index (χ2v) is 16.8. The highest BCUT2D eigenvalue weighted by Gasteiger charge is 2.50. The lowest BCUT2D eigenvalue weighted by molar-refractivity contribution is -0.210. The molecule has 11 heteroatoms. The van der Waals surface area contributed by atoms with Crippen LogP contribution in [0.3, 0.4) is 0 Å². The van der Waals surface area contributed by atoms with E-state index in [1.165, 1.54) is 0 Å². The fourth-order valence-corrected chi connectivity index (χ4v) is 7.79. The number of ether oxygens (including phenoxy) is 3. The fourth-order valence-electron chi connectivity index (χ4n) is 7.79. The first-order chi connectivity index (χ1) is 30.8. The van der Waals surface area contributed by atoms with Crippen molar-refractivity contribution >= 4 is 35.7 Å². The van der Waals surface area contributed by atoms with Gasteiger partial charge in [-0.25, -0.2) is 4.79 Å². The summed E-state index contributed by atoms with van der Waals surface area (Å²) < 4.78 is 16.6. The quantitative estimate of drug-likeness (QED) is 0.0191. The van der Waals surface area contributed by atoms with Crippen molar-refractivity contribution in [3.8, 4) is 0 Å². The largest absolute Gasteiger partial charge is 0.461 e. The van der Waals surface area contributed by atoms with E-state index in [2.05, 4.69) is 0 Å². The van der Waals surface area contributed by atoms with E-state index in [0.29, 0.717) is 44.0 Å². The molecule has 1 heterocycles. The summed E-state index contributed by atoms with van der Waals surface area (Å²) in [5.74, 6) is -3.12. The number of esters is 3. The lowest BCUT2D eigenvalue weighted by atomic mass is 9.77. The van der Waals surface area contributed by atoms with E-state index in [1.807, 2.05) is 91.0 Å². The Kier molecular flexibility index (Phi) is 23.9. The maximum absolute atomic E-state index is 14.1. The third-order valence-corrected chi connectivity index (χ3v) is 11.6. The van der Waals surface area contributed by atoms with Crippen molar-refractivity contribution in [3.05, 3.63) is 108 Å². The van der Waals surface area contributed by atoms with Crippen LogP contribution in [0.15, 0.2) is 91.0 Å². The van der Waals surface area contributed by atoms with Crippen molar-refractivity contribution in [2.24, 2.45) is 5.41 Å². The Morgan fingerprint density at radius 1 is 0.413 bits per heavy atom. The third kappa shape index (κ3) is 19.7. The second kappa shape index (κ2) is 29.9. The Balaban J connectivity index is 1.19. The molecule has 1 aliphatic heterocycles. The van der Waals surface area contributed by atoms with Gasteiger partial charge < -0.3 is 19.0 Å². The Morgan fingerprint density at radius 3 is 1.10 bits per heavy atom. The van der Waals surface area contributed by atoms with Gasteiger partial charge in [-0.3, -0.25) is 24.0 Å². The van der Waals surface area contributed by atoms with E-state index in [-0.39, 0.29) is 44.2 Å². The molecule has 0 saturated carbocycles. The van der Waals surface area contributed by atoms with Gasteiger partial charge in [-0.15, -0.1) is 5.06 Å². The van der Waals surface area contributed by atoms with Crippen LogP contribution in [0.1, 0.15) is 171 Å². The zero-order valence-electron chi connectivity index (χ0n) is 37.3. The number of hydrogen-bond acceptors (Lipinski definition) is 10. The molecule has 3 aromatic rings. The lowest BCUT2D eigenvalue weighted by Crippen LogP contribution is -2.46. The standard InChI is InChI=1S/C52H69NO10/c54-46-36-37-47(55)53(46)63-51(59)52(50(58)62-42-45-32-22-17-23-33-45,38-26-13-9-5-1-3-7-11-24-34-48(56)60-40-43-28-18-15-19-29-43)39-27-14-10-6-2-4-8-12-25-35-49(57)61-41-44-30-20-16-21-31-44/h15-23,28-33H,1-14,24-27,34-42H2. The number of imide groups is 1. The molecule has 2 amide bonds.